The number of hydrogen-bond donors (Lipinski definition) is 1. The first-order valence-electron chi connectivity index (χ1n) is 6.96. The van der Waals surface area contributed by atoms with Crippen LogP contribution in [-0.4, -0.2) is 35.0 Å². The number of rotatable bonds is 7. The third-order valence-corrected chi connectivity index (χ3v) is 5.05. The first kappa shape index (κ1) is 16.8. The molecule has 0 bridgehead atoms. The summed E-state index contributed by atoms with van der Waals surface area (Å²) in [5.74, 6) is 0.858. The Kier molecular flexibility index (Phi) is 6.21. The Labute approximate surface area is 138 Å². The Bertz CT molecular complexity index is 614. The van der Waals surface area contributed by atoms with Crippen LogP contribution in [-0.2, 0) is 11.2 Å². The van der Waals surface area contributed by atoms with E-state index in [1.165, 1.54) is 28.7 Å². The number of thioether (sulfide) groups is 1. The van der Waals surface area contributed by atoms with E-state index in [0.717, 1.165) is 21.5 Å². The minimum Gasteiger partial charge on any atom is -0.497 e. The van der Waals surface area contributed by atoms with E-state index in [2.05, 4.69) is 15.5 Å². The summed E-state index contributed by atoms with van der Waals surface area (Å²) in [6.07, 6.45) is 0.797. The summed E-state index contributed by atoms with van der Waals surface area (Å²) in [5, 5.41) is 11.7. The second-order valence-corrected chi connectivity index (χ2v) is 7.51. The smallest absolute Gasteiger partial charge is 0.233 e. The molecule has 0 aliphatic carbocycles. The maximum atomic E-state index is 12.0. The predicted molar refractivity (Wildman–Crippen MR) is 89.7 cm³/mol. The molecule has 1 aromatic heterocycles. The van der Waals surface area contributed by atoms with E-state index in [1.807, 2.05) is 38.1 Å². The lowest BCUT2D eigenvalue weighted by molar-refractivity contribution is -0.120. The van der Waals surface area contributed by atoms with Gasteiger partial charge in [-0.1, -0.05) is 35.2 Å². The molecule has 0 unspecified atom stereocenters. The Morgan fingerprint density at radius 3 is 2.68 bits per heavy atom. The molecule has 7 heteroatoms. The minimum absolute atomic E-state index is 0.0198. The topological polar surface area (TPSA) is 64.1 Å². The second-order valence-electron chi connectivity index (χ2n) is 4.74. The van der Waals surface area contributed by atoms with Crippen LogP contribution in [0.15, 0.2) is 28.6 Å². The molecule has 1 atom stereocenters. The van der Waals surface area contributed by atoms with Crippen LogP contribution in [0.4, 0.5) is 0 Å². The van der Waals surface area contributed by atoms with Crippen molar-refractivity contribution in [1.29, 1.82) is 0 Å². The van der Waals surface area contributed by atoms with Crippen molar-refractivity contribution in [3.05, 3.63) is 34.8 Å². The van der Waals surface area contributed by atoms with Crippen molar-refractivity contribution >= 4 is 29.0 Å². The minimum atomic E-state index is -0.178. The molecule has 0 aliphatic rings. The van der Waals surface area contributed by atoms with Gasteiger partial charge < -0.3 is 10.1 Å². The molecule has 1 aromatic carbocycles. The lowest BCUT2D eigenvalue weighted by atomic mass is 10.1. The van der Waals surface area contributed by atoms with Crippen molar-refractivity contribution < 1.29 is 9.53 Å². The lowest BCUT2D eigenvalue weighted by Crippen LogP contribution is -2.32. The summed E-state index contributed by atoms with van der Waals surface area (Å²) in [6, 6.07) is 7.86. The normalized spacial score (nSPS) is 12.0. The van der Waals surface area contributed by atoms with Crippen LogP contribution in [0.5, 0.6) is 5.75 Å². The SMILES string of the molecule is COc1ccc(CCNC(=O)[C@H](C)Sc2nnc(C)s2)cc1. The van der Waals surface area contributed by atoms with E-state index in [1.54, 1.807) is 7.11 Å². The van der Waals surface area contributed by atoms with Gasteiger partial charge in [0.05, 0.1) is 12.4 Å². The number of amides is 1. The van der Waals surface area contributed by atoms with Crippen molar-refractivity contribution in [2.75, 3.05) is 13.7 Å². The zero-order chi connectivity index (χ0) is 15.9. The highest BCUT2D eigenvalue weighted by Gasteiger charge is 2.16. The first-order chi connectivity index (χ1) is 10.6. The fourth-order valence-electron chi connectivity index (χ4n) is 1.80. The maximum Gasteiger partial charge on any atom is 0.233 e. The molecule has 2 aromatic rings. The number of aryl methyl sites for hydroxylation is 1. The van der Waals surface area contributed by atoms with Crippen molar-refractivity contribution in [3.8, 4) is 5.75 Å². The average molecular weight is 337 g/mol. The number of benzene rings is 1. The molecule has 2 rings (SSSR count). The van der Waals surface area contributed by atoms with Crippen molar-refractivity contribution in [2.24, 2.45) is 0 Å². The molecule has 118 valence electrons. The van der Waals surface area contributed by atoms with Crippen molar-refractivity contribution in [3.63, 3.8) is 0 Å². The monoisotopic (exact) mass is 337 g/mol. The Morgan fingerprint density at radius 2 is 2.09 bits per heavy atom. The van der Waals surface area contributed by atoms with Crippen LogP contribution in [0, 0.1) is 6.92 Å². The number of methoxy groups -OCH3 is 1. The number of aromatic nitrogens is 2. The molecule has 1 heterocycles. The number of nitrogens with zero attached hydrogens (tertiary/aromatic N) is 2. The fraction of sp³-hybridized carbons (Fsp3) is 0.400. The summed E-state index contributed by atoms with van der Waals surface area (Å²) < 4.78 is 5.95. The number of carbonyl (C=O) groups is 1. The number of carbonyl (C=O) groups excluding carboxylic acids is 1. The Balaban J connectivity index is 1.74. The molecule has 0 spiro atoms. The molecule has 5 nitrogen and oxygen atoms in total. The van der Waals surface area contributed by atoms with Gasteiger partial charge in [-0.15, -0.1) is 10.2 Å². The zero-order valence-corrected chi connectivity index (χ0v) is 14.5. The van der Waals surface area contributed by atoms with Crippen LogP contribution >= 0.6 is 23.1 Å². The highest BCUT2D eigenvalue weighted by atomic mass is 32.2. The highest BCUT2D eigenvalue weighted by molar-refractivity contribution is 8.02. The van der Waals surface area contributed by atoms with Gasteiger partial charge in [0.25, 0.3) is 0 Å². The number of nitrogens with one attached hydrogen (secondary N) is 1. The molecule has 0 radical (unpaired) electrons. The van der Waals surface area contributed by atoms with Gasteiger partial charge in [-0.2, -0.15) is 0 Å². The Morgan fingerprint density at radius 1 is 1.36 bits per heavy atom. The first-order valence-corrected chi connectivity index (χ1v) is 8.65. The Hall–Kier alpha value is -1.60. The van der Waals surface area contributed by atoms with Crippen molar-refractivity contribution in [2.45, 2.75) is 29.9 Å². The van der Waals surface area contributed by atoms with Crippen LogP contribution in [0.1, 0.15) is 17.5 Å². The molecule has 1 N–H and O–H groups in total. The highest BCUT2D eigenvalue weighted by Crippen LogP contribution is 2.26. The zero-order valence-electron chi connectivity index (χ0n) is 12.8. The summed E-state index contributed by atoms with van der Waals surface area (Å²) in [5.41, 5.74) is 1.17. The van der Waals surface area contributed by atoms with Crippen LogP contribution in [0.25, 0.3) is 0 Å². The summed E-state index contributed by atoms with van der Waals surface area (Å²) in [4.78, 5) is 12.0. The fourth-order valence-corrected chi connectivity index (χ4v) is 3.78. The predicted octanol–water partition coefficient (Wildman–Crippen LogP) is 2.69. The second kappa shape index (κ2) is 8.14. The van der Waals surface area contributed by atoms with E-state index in [-0.39, 0.29) is 11.2 Å². The average Bonchev–Trinajstić information content (AvgIpc) is 2.93. The third-order valence-electron chi connectivity index (χ3n) is 3.03. The van der Waals surface area contributed by atoms with Gasteiger partial charge in [0.1, 0.15) is 10.8 Å². The molecule has 0 fully saturated rings. The number of ether oxygens (including phenoxy) is 1. The molecular weight excluding hydrogens is 318 g/mol. The quantitative estimate of drug-likeness (QED) is 0.787. The van der Waals surface area contributed by atoms with Gasteiger partial charge in [0, 0.05) is 6.54 Å². The summed E-state index contributed by atoms with van der Waals surface area (Å²) >= 11 is 2.95. The maximum absolute atomic E-state index is 12.0. The van der Waals surface area contributed by atoms with Gasteiger partial charge in [-0.3, -0.25) is 4.79 Å². The molecule has 0 saturated heterocycles. The molecular formula is C15H19N3O2S2. The molecule has 0 aliphatic heterocycles. The lowest BCUT2D eigenvalue weighted by Gasteiger charge is -2.10. The third kappa shape index (κ3) is 4.99. The standard InChI is InChI=1S/C15H19N3O2S2/c1-10(21-15-18-17-11(2)22-15)14(19)16-9-8-12-4-6-13(20-3)7-5-12/h4-7,10H,8-9H2,1-3H3,(H,16,19)/t10-/m0/s1. The molecule has 1 amide bonds. The van der Waals surface area contributed by atoms with E-state index in [0.29, 0.717) is 6.54 Å². The van der Waals surface area contributed by atoms with E-state index in [4.69, 9.17) is 4.74 Å². The van der Waals surface area contributed by atoms with E-state index >= 15 is 0 Å². The summed E-state index contributed by atoms with van der Waals surface area (Å²) in [6.45, 7) is 4.40. The summed E-state index contributed by atoms with van der Waals surface area (Å²) in [7, 11) is 1.65. The van der Waals surface area contributed by atoms with Crippen LogP contribution in [0.3, 0.4) is 0 Å². The van der Waals surface area contributed by atoms with Gasteiger partial charge in [-0.25, -0.2) is 0 Å². The van der Waals surface area contributed by atoms with Crippen LogP contribution < -0.4 is 10.1 Å². The van der Waals surface area contributed by atoms with Crippen molar-refractivity contribution in [1.82, 2.24) is 15.5 Å². The van der Waals surface area contributed by atoms with Gasteiger partial charge in [-0.05, 0) is 38.0 Å². The van der Waals surface area contributed by atoms with Gasteiger partial charge in [0.2, 0.25) is 5.91 Å². The molecule has 0 saturated carbocycles. The van der Waals surface area contributed by atoms with Crippen LogP contribution in [0.2, 0.25) is 0 Å². The van der Waals surface area contributed by atoms with E-state index in [9.17, 15) is 4.79 Å². The van der Waals surface area contributed by atoms with Gasteiger partial charge >= 0.3 is 0 Å². The largest absolute Gasteiger partial charge is 0.497 e. The van der Waals surface area contributed by atoms with E-state index < -0.39 is 0 Å². The molecule has 22 heavy (non-hydrogen) atoms. The van der Waals surface area contributed by atoms with Gasteiger partial charge in [0.15, 0.2) is 4.34 Å². The number of hydrogen-bond acceptors (Lipinski definition) is 6.